The summed E-state index contributed by atoms with van der Waals surface area (Å²) in [5, 5.41) is 17.2. The van der Waals surface area contributed by atoms with Crippen LogP contribution in [0.4, 0.5) is 4.39 Å². The van der Waals surface area contributed by atoms with Crippen LogP contribution < -0.4 is 4.74 Å². The highest BCUT2D eigenvalue weighted by molar-refractivity contribution is 5.49. The van der Waals surface area contributed by atoms with E-state index in [1.807, 2.05) is 12.1 Å². The zero-order valence-electron chi connectivity index (χ0n) is 7.54. The van der Waals surface area contributed by atoms with Crippen LogP contribution in [-0.2, 0) is 6.42 Å². The van der Waals surface area contributed by atoms with E-state index in [1.165, 1.54) is 13.2 Å². The number of hydrogen-bond acceptors (Lipinski definition) is 3. The van der Waals surface area contributed by atoms with Gasteiger partial charge in [0.1, 0.15) is 17.6 Å². The molecule has 1 aromatic rings. The van der Waals surface area contributed by atoms with Gasteiger partial charge in [0.15, 0.2) is 0 Å². The zero-order chi connectivity index (χ0) is 10.6. The van der Waals surface area contributed by atoms with Crippen LogP contribution in [0.5, 0.6) is 5.75 Å². The molecule has 4 heteroatoms. The predicted octanol–water partition coefficient (Wildman–Crippen LogP) is 1.77. The van der Waals surface area contributed by atoms with Gasteiger partial charge in [0.2, 0.25) is 0 Å². The molecule has 0 aliphatic carbocycles. The Morgan fingerprint density at radius 2 is 2.14 bits per heavy atom. The maximum absolute atomic E-state index is 12.9. The lowest BCUT2D eigenvalue weighted by Gasteiger charge is -2.07. The molecule has 14 heavy (non-hydrogen) atoms. The Bertz CT molecular complexity index is 429. The van der Waals surface area contributed by atoms with Gasteiger partial charge in [-0.05, 0) is 12.1 Å². The van der Waals surface area contributed by atoms with E-state index < -0.39 is 5.82 Å². The standard InChI is InChI=1S/C10H7FN2O/c1-14-10-7(2-3-12)4-9(11)5-8(10)6-13/h4-5H,2H2,1H3. The lowest BCUT2D eigenvalue weighted by Crippen LogP contribution is -1.96. The highest BCUT2D eigenvalue weighted by Crippen LogP contribution is 2.24. The predicted molar refractivity (Wildman–Crippen MR) is 47.0 cm³/mol. The van der Waals surface area contributed by atoms with E-state index in [-0.39, 0.29) is 17.7 Å². The van der Waals surface area contributed by atoms with E-state index in [4.69, 9.17) is 15.3 Å². The maximum Gasteiger partial charge on any atom is 0.141 e. The molecule has 0 saturated carbocycles. The van der Waals surface area contributed by atoms with Crippen molar-refractivity contribution in [3.63, 3.8) is 0 Å². The van der Waals surface area contributed by atoms with Crippen LogP contribution in [0.1, 0.15) is 11.1 Å². The van der Waals surface area contributed by atoms with Gasteiger partial charge in [0.05, 0.1) is 25.2 Å². The fraction of sp³-hybridized carbons (Fsp3) is 0.200. The Kier molecular flexibility index (Phi) is 3.04. The van der Waals surface area contributed by atoms with E-state index in [0.717, 1.165) is 6.07 Å². The van der Waals surface area contributed by atoms with Crippen molar-refractivity contribution in [2.45, 2.75) is 6.42 Å². The molecule has 0 aliphatic heterocycles. The van der Waals surface area contributed by atoms with Crippen molar-refractivity contribution >= 4 is 0 Å². The fourth-order valence-corrected chi connectivity index (χ4v) is 1.19. The second-order valence-corrected chi connectivity index (χ2v) is 2.59. The van der Waals surface area contributed by atoms with Crippen molar-refractivity contribution in [1.29, 1.82) is 10.5 Å². The highest BCUT2D eigenvalue weighted by atomic mass is 19.1. The summed E-state index contributed by atoms with van der Waals surface area (Å²) in [6.45, 7) is 0. The third-order valence-electron chi connectivity index (χ3n) is 1.72. The molecular weight excluding hydrogens is 183 g/mol. The lowest BCUT2D eigenvalue weighted by molar-refractivity contribution is 0.408. The van der Waals surface area contributed by atoms with Crippen molar-refractivity contribution in [2.24, 2.45) is 0 Å². The smallest absolute Gasteiger partial charge is 0.141 e. The molecule has 1 aromatic carbocycles. The summed E-state index contributed by atoms with van der Waals surface area (Å²) in [4.78, 5) is 0. The third-order valence-corrected chi connectivity index (χ3v) is 1.72. The van der Waals surface area contributed by atoms with Gasteiger partial charge in [0.25, 0.3) is 0 Å². The van der Waals surface area contributed by atoms with Gasteiger partial charge in [-0.25, -0.2) is 4.39 Å². The van der Waals surface area contributed by atoms with Gasteiger partial charge in [-0.15, -0.1) is 0 Å². The topological polar surface area (TPSA) is 56.8 Å². The number of rotatable bonds is 2. The van der Waals surface area contributed by atoms with Crippen molar-refractivity contribution < 1.29 is 9.13 Å². The Hall–Kier alpha value is -2.07. The molecule has 70 valence electrons. The van der Waals surface area contributed by atoms with Crippen LogP contribution in [0.15, 0.2) is 12.1 Å². The second kappa shape index (κ2) is 4.25. The molecule has 0 unspecified atom stereocenters. The second-order valence-electron chi connectivity index (χ2n) is 2.59. The Morgan fingerprint density at radius 1 is 1.43 bits per heavy atom. The normalized spacial score (nSPS) is 8.86. The number of nitriles is 2. The van der Waals surface area contributed by atoms with E-state index in [0.29, 0.717) is 5.56 Å². The first kappa shape index (κ1) is 10.0. The number of nitrogens with zero attached hydrogens (tertiary/aromatic N) is 2. The first-order valence-electron chi connectivity index (χ1n) is 3.86. The van der Waals surface area contributed by atoms with Crippen LogP contribution in [0.3, 0.4) is 0 Å². The van der Waals surface area contributed by atoms with Gasteiger partial charge >= 0.3 is 0 Å². The monoisotopic (exact) mass is 190 g/mol. The lowest BCUT2D eigenvalue weighted by atomic mass is 10.1. The molecule has 0 atom stereocenters. The van der Waals surface area contributed by atoms with Crippen molar-refractivity contribution in [3.8, 4) is 17.9 Å². The molecular formula is C10H7FN2O. The number of methoxy groups -OCH3 is 1. The maximum atomic E-state index is 12.9. The van der Waals surface area contributed by atoms with Gasteiger partial charge in [-0.2, -0.15) is 10.5 Å². The Balaban J connectivity index is 3.35. The molecule has 0 fully saturated rings. The summed E-state index contributed by atoms with van der Waals surface area (Å²) in [7, 11) is 1.38. The van der Waals surface area contributed by atoms with Gasteiger partial charge in [-0.1, -0.05) is 0 Å². The van der Waals surface area contributed by atoms with Crippen molar-refractivity contribution in [2.75, 3.05) is 7.11 Å². The number of benzene rings is 1. The van der Waals surface area contributed by atoms with E-state index in [2.05, 4.69) is 0 Å². The fourth-order valence-electron chi connectivity index (χ4n) is 1.19. The molecule has 0 bridgehead atoms. The average Bonchev–Trinajstić information content (AvgIpc) is 2.17. The summed E-state index contributed by atoms with van der Waals surface area (Å²) < 4.78 is 17.9. The Morgan fingerprint density at radius 3 is 2.64 bits per heavy atom. The van der Waals surface area contributed by atoms with Crippen molar-refractivity contribution in [1.82, 2.24) is 0 Å². The molecule has 0 saturated heterocycles. The van der Waals surface area contributed by atoms with Gasteiger partial charge in [0, 0.05) is 5.56 Å². The number of hydrogen-bond donors (Lipinski definition) is 0. The van der Waals surface area contributed by atoms with Crippen LogP contribution >= 0.6 is 0 Å². The molecule has 0 heterocycles. The van der Waals surface area contributed by atoms with Crippen LogP contribution in [-0.4, -0.2) is 7.11 Å². The SMILES string of the molecule is COc1c(C#N)cc(F)cc1CC#N. The van der Waals surface area contributed by atoms with Gasteiger partial charge < -0.3 is 4.74 Å². The quantitative estimate of drug-likeness (QED) is 0.714. The van der Waals surface area contributed by atoms with Gasteiger partial charge in [-0.3, -0.25) is 0 Å². The summed E-state index contributed by atoms with van der Waals surface area (Å²) in [6, 6.07) is 5.97. The number of ether oxygens (including phenoxy) is 1. The van der Waals surface area contributed by atoms with Crippen LogP contribution in [0, 0.1) is 28.5 Å². The Labute approximate surface area is 81.0 Å². The van der Waals surface area contributed by atoms with E-state index >= 15 is 0 Å². The minimum absolute atomic E-state index is 0.0234. The molecule has 0 spiro atoms. The highest BCUT2D eigenvalue weighted by Gasteiger charge is 2.10. The number of halogens is 1. The zero-order valence-corrected chi connectivity index (χ0v) is 7.54. The third kappa shape index (κ3) is 1.81. The largest absolute Gasteiger partial charge is 0.495 e. The minimum Gasteiger partial charge on any atom is -0.495 e. The molecule has 3 nitrogen and oxygen atoms in total. The van der Waals surface area contributed by atoms with Crippen molar-refractivity contribution in [3.05, 3.63) is 29.1 Å². The first-order chi connectivity index (χ1) is 6.72. The first-order valence-corrected chi connectivity index (χ1v) is 3.86. The molecule has 0 aliphatic rings. The molecule has 0 N–H and O–H groups in total. The molecule has 1 rings (SSSR count). The summed E-state index contributed by atoms with van der Waals surface area (Å²) in [5.41, 5.74) is 0.504. The van der Waals surface area contributed by atoms with E-state index in [9.17, 15) is 4.39 Å². The molecule has 0 radical (unpaired) electrons. The van der Waals surface area contributed by atoms with Crippen LogP contribution in [0.2, 0.25) is 0 Å². The molecule has 0 aromatic heterocycles. The summed E-state index contributed by atoms with van der Waals surface area (Å²) in [5.74, 6) is -0.261. The van der Waals surface area contributed by atoms with Crippen LogP contribution in [0.25, 0.3) is 0 Å². The summed E-state index contributed by atoms with van der Waals surface area (Å²) >= 11 is 0. The summed E-state index contributed by atoms with van der Waals surface area (Å²) in [6.07, 6.45) is 0.0234. The molecule has 0 amide bonds. The van der Waals surface area contributed by atoms with E-state index in [1.54, 1.807) is 0 Å². The minimum atomic E-state index is -0.535. The average molecular weight is 190 g/mol.